The Kier molecular flexibility index (Phi) is 5.25. The third-order valence-corrected chi connectivity index (χ3v) is 4.48. The lowest BCUT2D eigenvalue weighted by molar-refractivity contribution is 0.529. The summed E-state index contributed by atoms with van der Waals surface area (Å²) in [6.07, 6.45) is 3.72. The van der Waals surface area contributed by atoms with Crippen molar-refractivity contribution >= 4 is 28.9 Å². The molecule has 1 fully saturated rings. The van der Waals surface area contributed by atoms with Gasteiger partial charge in [-0.15, -0.1) is 0 Å². The highest BCUT2D eigenvalue weighted by atomic mass is 35.5. The standard InChI is InChI=1S/C18H21ClN6/c1-24(2)18-9-17(21-12-22-18)23-15-4-3-5-25(11-15)16-7-13(10-20)6-14(19)8-16/h6-9,12,15H,3-5,11H2,1-2H3,(H,21,22,23). The van der Waals surface area contributed by atoms with Crippen LogP contribution in [-0.4, -0.2) is 43.2 Å². The Balaban J connectivity index is 1.72. The SMILES string of the molecule is CN(C)c1cc(NC2CCCN(c3cc(Cl)cc(C#N)c3)C2)ncn1. The van der Waals surface area contributed by atoms with E-state index in [2.05, 4.69) is 26.3 Å². The molecule has 130 valence electrons. The van der Waals surface area contributed by atoms with E-state index in [1.54, 1.807) is 12.4 Å². The molecule has 0 saturated carbocycles. The van der Waals surface area contributed by atoms with E-state index in [1.807, 2.05) is 37.2 Å². The molecule has 0 aliphatic carbocycles. The molecule has 1 saturated heterocycles. The van der Waals surface area contributed by atoms with Crippen LogP contribution in [0.5, 0.6) is 0 Å². The van der Waals surface area contributed by atoms with E-state index in [0.29, 0.717) is 10.6 Å². The molecular formula is C18H21ClN6. The largest absolute Gasteiger partial charge is 0.369 e. The Hall–Kier alpha value is -2.52. The van der Waals surface area contributed by atoms with Crippen LogP contribution in [-0.2, 0) is 0 Å². The predicted octanol–water partition coefficient (Wildman–Crippen LogP) is 3.15. The number of halogens is 1. The molecule has 1 aliphatic heterocycles. The molecule has 25 heavy (non-hydrogen) atoms. The van der Waals surface area contributed by atoms with E-state index in [4.69, 9.17) is 16.9 Å². The molecule has 2 aromatic rings. The van der Waals surface area contributed by atoms with Crippen LogP contribution in [0.3, 0.4) is 0 Å². The first-order chi connectivity index (χ1) is 12.0. The fourth-order valence-electron chi connectivity index (χ4n) is 3.03. The summed E-state index contributed by atoms with van der Waals surface area (Å²) in [5.41, 5.74) is 1.58. The maximum atomic E-state index is 9.14. The van der Waals surface area contributed by atoms with Gasteiger partial charge in [0.2, 0.25) is 0 Å². The average molecular weight is 357 g/mol. The molecule has 1 aromatic carbocycles. The van der Waals surface area contributed by atoms with Crippen molar-refractivity contribution in [3.8, 4) is 6.07 Å². The minimum atomic E-state index is 0.281. The van der Waals surface area contributed by atoms with E-state index in [1.165, 1.54) is 0 Å². The molecular weight excluding hydrogens is 336 g/mol. The fraction of sp³-hybridized carbons (Fsp3) is 0.389. The van der Waals surface area contributed by atoms with Crippen LogP contribution in [0.4, 0.5) is 17.3 Å². The van der Waals surface area contributed by atoms with Gasteiger partial charge in [0.15, 0.2) is 0 Å². The number of rotatable bonds is 4. The lowest BCUT2D eigenvalue weighted by atomic mass is 10.0. The quantitative estimate of drug-likeness (QED) is 0.907. The first-order valence-corrected chi connectivity index (χ1v) is 8.64. The van der Waals surface area contributed by atoms with Crippen molar-refractivity contribution < 1.29 is 0 Å². The van der Waals surface area contributed by atoms with Crippen molar-refractivity contribution in [2.45, 2.75) is 18.9 Å². The molecule has 1 N–H and O–H groups in total. The normalized spacial score (nSPS) is 17.0. The minimum Gasteiger partial charge on any atom is -0.369 e. The predicted molar refractivity (Wildman–Crippen MR) is 101 cm³/mol. The van der Waals surface area contributed by atoms with Gasteiger partial charge in [0.25, 0.3) is 0 Å². The molecule has 0 amide bonds. The number of piperidine rings is 1. The van der Waals surface area contributed by atoms with Crippen molar-refractivity contribution in [2.75, 3.05) is 42.3 Å². The average Bonchev–Trinajstić information content (AvgIpc) is 2.61. The Bertz CT molecular complexity index is 785. The number of benzene rings is 1. The molecule has 7 heteroatoms. The van der Waals surface area contributed by atoms with E-state index >= 15 is 0 Å². The maximum absolute atomic E-state index is 9.14. The highest BCUT2D eigenvalue weighted by Crippen LogP contribution is 2.26. The van der Waals surface area contributed by atoms with Crippen LogP contribution in [0, 0.1) is 11.3 Å². The zero-order valence-corrected chi connectivity index (χ0v) is 15.2. The number of hydrogen-bond acceptors (Lipinski definition) is 6. The molecule has 6 nitrogen and oxygen atoms in total. The number of aromatic nitrogens is 2. The number of nitriles is 1. The zero-order valence-electron chi connectivity index (χ0n) is 14.4. The zero-order chi connectivity index (χ0) is 17.8. The van der Waals surface area contributed by atoms with Gasteiger partial charge in [0, 0.05) is 50.0 Å². The third kappa shape index (κ3) is 4.31. The maximum Gasteiger partial charge on any atom is 0.133 e. The molecule has 0 bridgehead atoms. The summed E-state index contributed by atoms with van der Waals surface area (Å²) >= 11 is 6.15. The Morgan fingerprint density at radius 3 is 2.88 bits per heavy atom. The van der Waals surface area contributed by atoms with Crippen LogP contribution >= 0.6 is 11.6 Å². The van der Waals surface area contributed by atoms with E-state index in [9.17, 15) is 0 Å². The lowest BCUT2D eigenvalue weighted by Crippen LogP contribution is -2.42. The van der Waals surface area contributed by atoms with Crippen LogP contribution in [0.15, 0.2) is 30.6 Å². The fourth-order valence-corrected chi connectivity index (χ4v) is 3.26. The first kappa shape index (κ1) is 17.3. The number of hydrogen-bond donors (Lipinski definition) is 1. The molecule has 1 aromatic heterocycles. The number of anilines is 3. The molecule has 0 radical (unpaired) electrons. The van der Waals surface area contributed by atoms with Gasteiger partial charge in [-0.25, -0.2) is 9.97 Å². The third-order valence-electron chi connectivity index (χ3n) is 4.26. The number of nitrogens with one attached hydrogen (secondary N) is 1. The van der Waals surface area contributed by atoms with E-state index < -0.39 is 0 Å². The van der Waals surface area contributed by atoms with Gasteiger partial charge in [0.05, 0.1) is 11.6 Å². The van der Waals surface area contributed by atoms with Gasteiger partial charge in [-0.3, -0.25) is 0 Å². The summed E-state index contributed by atoms with van der Waals surface area (Å²) in [6, 6.07) is 9.90. The van der Waals surface area contributed by atoms with Crippen LogP contribution in [0.25, 0.3) is 0 Å². The first-order valence-electron chi connectivity index (χ1n) is 8.26. The molecule has 1 aliphatic rings. The highest BCUT2D eigenvalue weighted by molar-refractivity contribution is 6.31. The lowest BCUT2D eigenvalue weighted by Gasteiger charge is -2.35. The van der Waals surface area contributed by atoms with E-state index in [-0.39, 0.29) is 6.04 Å². The van der Waals surface area contributed by atoms with Gasteiger partial charge in [-0.05, 0) is 31.0 Å². The second-order valence-electron chi connectivity index (χ2n) is 6.40. The highest BCUT2D eigenvalue weighted by Gasteiger charge is 2.21. The smallest absolute Gasteiger partial charge is 0.133 e. The minimum absolute atomic E-state index is 0.281. The van der Waals surface area contributed by atoms with E-state index in [0.717, 1.165) is 43.3 Å². The van der Waals surface area contributed by atoms with Crippen molar-refractivity contribution in [2.24, 2.45) is 0 Å². The van der Waals surface area contributed by atoms with Crippen LogP contribution in [0.1, 0.15) is 18.4 Å². The summed E-state index contributed by atoms with van der Waals surface area (Å²) in [5.74, 6) is 1.70. The molecule has 0 spiro atoms. The topological polar surface area (TPSA) is 68.1 Å². The van der Waals surface area contributed by atoms with Gasteiger partial charge in [-0.1, -0.05) is 11.6 Å². The Morgan fingerprint density at radius 1 is 1.28 bits per heavy atom. The van der Waals surface area contributed by atoms with Crippen LogP contribution < -0.4 is 15.1 Å². The van der Waals surface area contributed by atoms with Crippen LogP contribution in [0.2, 0.25) is 5.02 Å². The molecule has 1 atom stereocenters. The van der Waals surface area contributed by atoms with Crippen molar-refractivity contribution in [1.29, 1.82) is 5.26 Å². The second-order valence-corrected chi connectivity index (χ2v) is 6.83. The summed E-state index contributed by atoms with van der Waals surface area (Å²) in [6.45, 7) is 1.79. The summed E-state index contributed by atoms with van der Waals surface area (Å²) < 4.78 is 0. The van der Waals surface area contributed by atoms with Gasteiger partial charge in [-0.2, -0.15) is 5.26 Å². The summed E-state index contributed by atoms with van der Waals surface area (Å²) in [7, 11) is 3.92. The van der Waals surface area contributed by atoms with Gasteiger partial charge in [0.1, 0.15) is 18.0 Å². The van der Waals surface area contributed by atoms with Gasteiger partial charge >= 0.3 is 0 Å². The monoisotopic (exact) mass is 356 g/mol. The summed E-state index contributed by atoms with van der Waals surface area (Å²) in [5, 5.41) is 13.2. The van der Waals surface area contributed by atoms with Crippen molar-refractivity contribution in [3.05, 3.63) is 41.2 Å². The Labute approximate surface area is 153 Å². The summed E-state index contributed by atoms with van der Waals surface area (Å²) in [4.78, 5) is 12.8. The molecule has 1 unspecified atom stereocenters. The van der Waals surface area contributed by atoms with Gasteiger partial charge < -0.3 is 15.1 Å². The number of nitrogens with zero attached hydrogens (tertiary/aromatic N) is 5. The van der Waals surface area contributed by atoms with Crippen molar-refractivity contribution in [1.82, 2.24) is 9.97 Å². The van der Waals surface area contributed by atoms with Crippen molar-refractivity contribution in [3.63, 3.8) is 0 Å². The molecule has 3 rings (SSSR count). The second kappa shape index (κ2) is 7.58. The molecule has 2 heterocycles. The Morgan fingerprint density at radius 2 is 2.12 bits per heavy atom.